The molecule has 3 nitrogen and oxygen atoms in total. The van der Waals surface area contributed by atoms with Crippen molar-refractivity contribution < 1.29 is 13.2 Å². The van der Waals surface area contributed by atoms with E-state index in [0.29, 0.717) is 22.4 Å². The van der Waals surface area contributed by atoms with Gasteiger partial charge in [0, 0.05) is 6.54 Å². The number of hydrogen-bond acceptors (Lipinski definition) is 3. The topological polar surface area (TPSA) is 37.8 Å². The van der Waals surface area contributed by atoms with Crippen LogP contribution in [0.2, 0.25) is 5.15 Å². The summed E-state index contributed by atoms with van der Waals surface area (Å²) in [7, 11) is 0. The van der Waals surface area contributed by atoms with Gasteiger partial charge >= 0.3 is 6.18 Å². The average molecular weight is 367 g/mol. The summed E-state index contributed by atoms with van der Waals surface area (Å²) in [6, 6.07) is 4.90. The van der Waals surface area contributed by atoms with Crippen molar-refractivity contribution in [1.82, 2.24) is 9.97 Å². The summed E-state index contributed by atoms with van der Waals surface area (Å²) in [6.07, 6.45) is -3.03. The molecular formula is C12H8BrClF3N3. The van der Waals surface area contributed by atoms with Crippen LogP contribution in [0.4, 0.5) is 19.0 Å². The quantitative estimate of drug-likeness (QED) is 0.812. The lowest BCUT2D eigenvalue weighted by Gasteiger charge is -2.10. The van der Waals surface area contributed by atoms with Crippen LogP contribution >= 0.6 is 27.5 Å². The molecule has 0 fully saturated rings. The molecule has 106 valence electrons. The Morgan fingerprint density at radius 2 is 1.80 bits per heavy atom. The number of benzene rings is 1. The molecule has 20 heavy (non-hydrogen) atoms. The lowest BCUT2D eigenvalue weighted by Crippen LogP contribution is -2.06. The van der Waals surface area contributed by atoms with E-state index in [0.717, 1.165) is 12.1 Å². The molecule has 0 aliphatic rings. The Morgan fingerprint density at radius 1 is 1.15 bits per heavy atom. The van der Waals surface area contributed by atoms with Crippen molar-refractivity contribution in [1.29, 1.82) is 0 Å². The molecule has 0 saturated heterocycles. The second-order valence-electron chi connectivity index (χ2n) is 3.88. The normalized spacial score (nSPS) is 11.4. The summed E-state index contributed by atoms with van der Waals surface area (Å²) in [5.41, 5.74) is 0.0205. The molecule has 0 bridgehead atoms. The number of rotatable bonds is 3. The predicted molar refractivity (Wildman–Crippen MR) is 73.5 cm³/mol. The third-order valence-corrected chi connectivity index (χ3v) is 3.75. The summed E-state index contributed by atoms with van der Waals surface area (Å²) < 4.78 is 37.8. The van der Waals surface area contributed by atoms with E-state index in [9.17, 15) is 13.2 Å². The lowest BCUT2D eigenvalue weighted by atomic mass is 10.1. The van der Waals surface area contributed by atoms with E-state index in [-0.39, 0.29) is 5.15 Å². The summed E-state index contributed by atoms with van der Waals surface area (Å²) in [6.45, 7) is 0.323. The fraction of sp³-hybridized carbons (Fsp3) is 0.167. The van der Waals surface area contributed by atoms with E-state index in [2.05, 4.69) is 31.2 Å². The molecule has 1 N–H and O–H groups in total. The Bertz CT molecular complexity index is 602. The third kappa shape index (κ3) is 3.61. The summed E-state index contributed by atoms with van der Waals surface area (Å²) >= 11 is 9.03. The van der Waals surface area contributed by atoms with Gasteiger partial charge in [0.2, 0.25) is 0 Å². The zero-order valence-electron chi connectivity index (χ0n) is 9.88. The van der Waals surface area contributed by atoms with Crippen LogP contribution in [0.5, 0.6) is 0 Å². The largest absolute Gasteiger partial charge is 0.416 e. The highest BCUT2D eigenvalue weighted by Crippen LogP contribution is 2.29. The van der Waals surface area contributed by atoms with Gasteiger partial charge in [-0.05, 0) is 33.6 Å². The maximum absolute atomic E-state index is 12.4. The van der Waals surface area contributed by atoms with Crippen molar-refractivity contribution >= 4 is 33.3 Å². The van der Waals surface area contributed by atoms with Gasteiger partial charge in [0.25, 0.3) is 0 Å². The minimum atomic E-state index is -4.32. The minimum absolute atomic E-state index is 0.259. The summed E-state index contributed by atoms with van der Waals surface area (Å²) in [4.78, 5) is 7.75. The van der Waals surface area contributed by atoms with Crippen LogP contribution in [-0.2, 0) is 12.7 Å². The minimum Gasteiger partial charge on any atom is -0.365 e. The number of anilines is 1. The van der Waals surface area contributed by atoms with Gasteiger partial charge in [-0.1, -0.05) is 23.7 Å². The van der Waals surface area contributed by atoms with Gasteiger partial charge in [0.05, 0.1) is 10.0 Å². The first kappa shape index (κ1) is 15.1. The molecule has 8 heteroatoms. The van der Waals surface area contributed by atoms with E-state index in [4.69, 9.17) is 11.6 Å². The van der Waals surface area contributed by atoms with Crippen molar-refractivity contribution in [2.45, 2.75) is 12.7 Å². The maximum atomic E-state index is 12.4. The third-order valence-electron chi connectivity index (χ3n) is 2.49. The summed E-state index contributed by atoms with van der Waals surface area (Å²) in [5.74, 6) is 0.477. The molecule has 1 aromatic heterocycles. The van der Waals surface area contributed by atoms with Gasteiger partial charge in [-0.2, -0.15) is 13.2 Å². The molecule has 0 amide bonds. The molecule has 0 atom stereocenters. The van der Waals surface area contributed by atoms with Crippen molar-refractivity contribution in [2.75, 3.05) is 5.32 Å². The van der Waals surface area contributed by atoms with Crippen molar-refractivity contribution in [3.8, 4) is 0 Å². The van der Waals surface area contributed by atoms with Crippen molar-refractivity contribution in [3.63, 3.8) is 0 Å². The van der Waals surface area contributed by atoms with Crippen LogP contribution in [0.15, 0.2) is 35.1 Å². The van der Waals surface area contributed by atoms with Crippen LogP contribution in [0, 0.1) is 0 Å². The van der Waals surface area contributed by atoms with Gasteiger partial charge in [0.1, 0.15) is 17.3 Å². The van der Waals surface area contributed by atoms with E-state index in [1.807, 2.05) is 0 Å². The van der Waals surface area contributed by atoms with E-state index in [1.165, 1.54) is 18.5 Å². The Morgan fingerprint density at radius 3 is 2.40 bits per heavy atom. The molecule has 0 aliphatic carbocycles. The highest BCUT2D eigenvalue weighted by Gasteiger charge is 2.29. The SMILES string of the molecule is FC(F)(F)c1ccc(CNc2ncnc(Cl)c2Br)cc1. The molecule has 2 aromatic rings. The summed E-state index contributed by atoms with van der Waals surface area (Å²) in [5, 5.41) is 3.22. The molecule has 0 spiro atoms. The van der Waals surface area contributed by atoms with Crippen LogP contribution in [0.25, 0.3) is 0 Å². The highest BCUT2D eigenvalue weighted by atomic mass is 79.9. The number of nitrogens with one attached hydrogen (secondary N) is 1. The molecular weight excluding hydrogens is 359 g/mol. The van der Waals surface area contributed by atoms with E-state index < -0.39 is 11.7 Å². The van der Waals surface area contributed by atoms with Gasteiger partial charge in [0.15, 0.2) is 0 Å². The molecule has 1 aromatic carbocycles. The molecule has 1 heterocycles. The Hall–Kier alpha value is -1.34. The second-order valence-corrected chi connectivity index (χ2v) is 5.03. The van der Waals surface area contributed by atoms with Crippen LogP contribution in [-0.4, -0.2) is 9.97 Å². The smallest absolute Gasteiger partial charge is 0.365 e. The molecule has 0 saturated carbocycles. The average Bonchev–Trinajstić information content (AvgIpc) is 2.40. The predicted octanol–water partition coefficient (Wildman–Crippen LogP) is 4.52. The zero-order valence-corrected chi connectivity index (χ0v) is 12.2. The molecule has 0 unspecified atom stereocenters. The monoisotopic (exact) mass is 365 g/mol. The van der Waals surface area contributed by atoms with Crippen LogP contribution < -0.4 is 5.32 Å². The first-order chi connectivity index (χ1) is 9.38. The van der Waals surface area contributed by atoms with Crippen LogP contribution in [0.3, 0.4) is 0 Å². The fourth-order valence-electron chi connectivity index (χ4n) is 1.47. The first-order valence-electron chi connectivity index (χ1n) is 5.44. The highest BCUT2D eigenvalue weighted by molar-refractivity contribution is 9.10. The lowest BCUT2D eigenvalue weighted by molar-refractivity contribution is -0.137. The van der Waals surface area contributed by atoms with Crippen LogP contribution in [0.1, 0.15) is 11.1 Å². The zero-order chi connectivity index (χ0) is 14.8. The van der Waals surface area contributed by atoms with Gasteiger partial charge in [-0.3, -0.25) is 0 Å². The van der Waals surface area contributed by atoms with E-state index >= 15 is 0 Å². The molecule has 2 rings (SSSR count). The van der Waals surface area contributed by atoms with E-state index in [1.54, 1.807) is 0 Å². The number of hydrogen-bond donors (Lipinski definition) is 1. The number of aromatic nitrogens is 2. The number of halogens is 5. The van der Waals surface area contributed by atoms with Gasteiger partial charge in [-0.15, -0.1) is 0 Å². The van der Waals surface area contributed by atoms with Gasteiger partial charge < -0.3 is 5.32 Å². The second kappa shape index (κ2) is 5.97. The van der Waals surface area contributed by atoms with Gasteiger partial charge in [-0.25, -0.2) is 9.97 Å². The Labute approximate surface area is 126 Å². The number of nitrogens with zero attached hydrogens (tertiary/aromatic N) is 2. The fourth-order valence-corrected chi connectivity index (χ4v) is 1.95. The Balaban J connectivity index is 2.06. The van der Waals surface area contributed by atoms with Crippen molar-refractivity contribution in [2.24, 2.45) is 0 Å². The first-order valence-corrected chi connectivity index (χ1v) is 6.61. The molecule has 0 aliphatic heterocycles. The maximum Gasteiger partial charge on any atom is 0.416 e. The van der Waals surface area contributed by atoms with Crippen molar-refractivity contribution in [3.05, 3.63) is 51.3 Å². The standard InChI is InChI=1S/C12H8BrClF3N3/c13-9-10(14)19-6-20-11(9)18-5-7-1-3-8(4-2-7)12(15,16)17/h1-4,6H,5H2,(H,18,19,20). The Kier molecular flexibility index (Phi) is 4.49. The number of alkyl halides is 3. The molecule has 0 radical (unpaired) electrons.